The lowest BCUT2D eigenvalue weighted by Gasteiger charge is -2.14. The first-order valence-electron chi connectivity index (χ1n) is 5.60. The van der Waals surface area contributed by atoms with Gasteiger partial charge in [-0.15, -0.1) is 0 Å². The molecule has 2 rings (SSSR count). The van der Waals surface area contributed by atoms with Gasteiger partial charge in [-0.25, -0.2) is 13.8 Å². The van der Waals surface area contributed by atoms with Crippen LogP contribution in [0.4, 0.5) is 8.78 Å². The molecule has 1 aromatic heterocycles. The van der Waals surface area contributed by atoms with Gasteiger partial charge in [0.05, 0.1) is 12.2 Å². The van der Waals surface area contributed by atoms with Gasteiger partial charge in [0, 0.05) is 12.4 Å². The van der Waals surface area contributed by atoms with Crippen LogP contribution in [0, 0.1) is 11.6 Å². The number of hydrogen-bond acceptors (Lipinski definition) is 3. The fourth-order valence-electron chi connectivity index (χ4n) is 1.55. The van der Waals surface area contributed by atoms with E-state index in [1.807, 2.05) is 0 Å². The van der Waals surface area contributed by atoms with Crippen molar-refractivity contribution in [2.24, 2.45) is 0 Å². The quantitative estimate of drug-likeness (QED) is 0.924. The van der Waals surface area contributed by atoms with Crippen LogP contribution in [-0.2, 0) is 0 Å². The summed E-state index contributed by atoms with van der Waals surface area (Å²) in [6.45, 7) is 1.67. The predicted octanol–water partition coefficient (Wildman–Crippen LogP) is 2.25. The van der Waals surface area contributed by atoms with Crippen molar-refractivity contribution in [2.45, 2.75) is 13.0 Å². The Kier molecular flexibility index (Phi) is 3.79. The van der Waals surface area contributed by atoms with Crippen LogP contribution in [0.3, 0.4) is 0 Å². The Morgan fingerprint density at radius 3 is 2.68 bits per heavy atom. The lowest BCUT2D eigenvalue weighted by atomic mass is 10.1. The highest BCUT2D eigenvalue weighted by Gasteiger charge is 2.14. The summed E-state index contributed by atoms with van der Waals surface area (Å²) in [6, 6.07) is 3.02. The molecule has 0 saturated heterocycles. The van der Waals surface area contributed by atoms with Gasteiger partial charge in [0.2, 0.25) is 0 Å². The number of hydrogen-bond donors (Lipinski definition) is 1. The SMILES string of the molecule is C[C@H](NC(=O)c1cnccn1)c1ccc(F)c(F)c1. The highest BCUT2D eigenvalue weighted by atomic mass is 19.2. The van der Waals surface area contributed by atoms with Crippen molar-refractivity contribution in [3.05, 3.63) is 59.7 Å². The van der Waals surface area contributed by atoms with Crippen LogP contribution < -0.4 is 5.32 Å². The molecule has 0 aliphatic heterocycles. The maximum absolute atomic E-state index is 13.1. The smallest absolute Gasteiger partial charge is 0.271 e. The Hall–Kier alpha value is -2.37. The van der Waals surface area contributed by atoms with Gasteiger partial charge in [0.25, 0.3) is 5.91 Å². The van der Waals surface area contributed by atoms with Crippen LogP contribution in [0.5, 0.6) is 0 Å². The Morgan fingerprint density at radius 1 is 1.26 bits per heavy atom. The summed E-state index contributed by atoms with van der Waals surface area (Å²) in [5, 5.41) is 2.63. The van der Waals surface area contributed by atoms with E-state index in [0.717, 1.165) is 12.1 Å². The van der Waals surface area contributed by atoms with E-state index < -0.39 is 23.6 Å². The molecule has 0 radical (unpaired) electrons. The minimum absolute atomic E-state index is 0.164. The molecular weight excluding hydrogens is 252 g/mol. The molecule has 1 heterocycles. The van der Waals surface area contributed by atoms with Crippen molar-refractivity contribution in [3.8, 4) is 0 Å². The minimum atomic E-state index is -0.946. The molecule has 19 heavy (non-hydrogen) atoms. The Balaban J connectivity index is 2.10. The normalized spacial score (nSPS) is 11.9. The van der Waals surface area contributed by atoms with Crippen molar-refractivity contribution in [1.82, 2.24) is 15.3 Å². The Labute approximate surface area is 108 Å². The highest BCUT2D eigenvalue weighted by Crippen LogP contribution is 2.16. The topological polar surface area (TPSA) is 54.9 Å². The van der Waals surface area contributed by atoms with Crippen LogP contribution in [0.25, 0.3) is 0 Å². The van der Waals surface area contributed by atoms with Crippen LogP contribution in [0.1, 0.15) is 29.0 Å². The van der Waals surface area contributed by atoms with Crippen LogP contribution in [0.15, 0.2) is 36.8 Å². The first-order valence-corrected chi connectivity index (χ1v) is 5.60. The standard InChI is InChI=1S/C13H11F2N3O/c1-8(9-2-3-10(14)11(15)6-9)18-13(19)12-7-16-4-5-17-12/h2-8H,1H3,(H,18,19)/t8-/m0/s1. The largest absolute Gasteiger partial charge is 0.344 e. The van der Waals surface area contributed by atoms with E-state index in [2.05, 4.69) is 15.3 Å². The van der Waals surface area contributed by atoms with E-state index in [1.165, 1.54) is 24.7 Å². The Bertz CT molecular complexity index is 590. The van der Waals surface area contributed by atoms with Gasteiger partial charge < -0.3 is 5.32 Å². The number of benzene rings is 1. The first-order chi connectivity index (χ1) is 9.08. The molecule has 98 valence electrons. The zero-order chi connectivity index (χ0) is 13.8. The van der Waals surface area contributed by atoms with Gasteiger partial charge in [0.1, 0.15) is 5.69 Å². The second kappa shape index (κ2) is 5.51. The average molecular weight is 263 g/mol. The monoisotopic (exact) mass is 263 g/mol. The molecule has 4 nitrogen and oxygen atoms in total. The summed E-state index contributed by atoms with van der Waals surface area (Å²) in [6.07, 6.45) is 4.18. The van der Waals surface area contributed by atoms with Gasteiger partial charge in [0.15, 0.2) is 11.6 Å². The molecule has 2 aromatic rings. The lowest BCUT2D eigenvalue weighted by molar-refractivity contribution is 0.0934. The minimum Gasteiger partial charge on any atom is -0.344 e. The van der Waals surface area contributed by atoms with Crippen LogP contribution >= 0.6 is 0 Å². The predicted molar refractivity (Wildman–Crippen MR) is 64.3 cm³/mol. The molecule has 1 atom stereocenters. The summed E-state index contributed by atoms with van der Waals surface area (Å²) in [5.41, 5.74) is 0.632. The second-order valence-electron chi connectivity index (χ2n) is 3.96. The fraction of sp³-hybridized carbons (Fsp3) is 0.154. The molecule has 1 N–H and O–H groups in total. The van der Waals surface area contributed by atoms with Crippen LogP contribution in [0.2, 0.25) is 0 Å². The summed E-state index contributed by atoms with van der Waals surface area (Å²) < 4.78 is 25.9. The molecule has 0 bridgehead atoms. The summed E-state index contributed by atoms with van der Waals surface area (Å²) >= 11 is 0. The number of carbonyl (C=O) groups excluding carboxylic acids is 1. The van der Waals surface area contributed by atoms with Crippen molar-refractivity contribution < 1.29 is 13.6 Å². The molecule has 0 aliphatic rings. The number of amides is 1. The number of nitrogens with one attached hydrogen (secondary N) is 1. The zero-order valence-electron chi connectivity index (χ0n) is 10.1. The maximum atomic E-state index is 13.1. The van der Waals surface area contributed by atoms with Crippen LogP contribution in [-0.4, -0.2) is 15.9 Å². The number of halogens is 2. The maximum Gasteiger partial charge on any atom is 0.271 e. The average Bonchev–Trinajstić information content (AvgIpc) is 2.42. The second-order valence-corrected chi connectivity index (χ2v) is 3.96. The summed E-state index contributed by atoms with van der Waals surface area (Å²) in [7, 11) is 0. The zero-order valence-corrected chi connectivity index (χ0v) is 10.1. The molecular formula is C13H11F2N3O. The number of aromatic nitrogens is 2. The van der Waals surface area contributed by atoms with Crippen molar-refractivity contribution in [3.63, 3.8) is 0 Å². The van der Waals surface area contributed by atoms with Gasteiger partial charge in [-0.2, -0.15) is 0 Å². The molecule has 1 aromatic carbocycles. The highest BCUT2D eigenvalue weighted by molar-refractivity contribution is 5.92. The molecule has 0 aliphatic carbocycles. The van der Waals surface area contributed by atoms with E-state index in [0.29, 0.717) is 5.56 Å². The van der Waals surface area contributed by atoms with E-state index in [4.69, 9.17) is 0 Å². The van der Waals surface area contributed by atoms with E-state index in [1.54, 1.807) is 6.92 Å². The van der Waals surface area contributed by atoms with Gasteiger partial charge in [-0.3, -0.25) is 9.78 Å². The number of carbonyl (C=O) groups is 1. The van der Waals surface area contributed by atoms with Crippen molar-refractivity contribution in [1.29, 1.82) is 0 Å². The molecule has 0 spiro atoms. The van der Waals surface area contributed by atoms with Gasteiger partial charge in [-0.1, -0.05) is 6.07 Å². The van der Waals surface area contributed by atoms with Gasteiger partial charge in [-0.05, 0) is 24.6 Å². The molecule has 6 heteroatoms. The third-order valence-electron chi connectivity index (χ3n) is 2.59. The van der Waals surface area contributed by atoms with Crippen molar-refractivity contribution >= 4 is 5.91 Å². The summed E-state index contributed by atoms with van der Waals surface area (Å²) in [4.78, 5) is 19.4. The Morgan fingerprint density at radius 2 is 2.05 bits per heavy atom. The van der Waals surface area contributed by atoms with Crippen molar-refractivity contribution in [2.75, 3.05) is 0 Å². The third-order valence-corrected chi connectivity index (χ3v) is 2.59. The number of nitrogens with zero attached hydrogens (tertiary/aromatic N) is 2. The summed E-state index contributed by atoms with van der Waals surface area (Å²) in [5.74, 6) is -2.29. The first kappa shape index (κ1) is 13.1. The molecule has 0 unspecified atom stereocenters. The molecule has 1 amide bonds. The molecule has 0 fully saturated rings. The molecule has 0 saturated carbocycles. The third kappa shape index (κ3) is 3.09. The lowest BCUT2D eigenvalue weighted by Crippen LogP contribution is -2.27. The van der Waals surface area contributed by atoms with E-state index in [-0.39, 0.29) is 5.69 Å². The van der Waals surface area contributed by atoms with Gasteiger partial charge >= 0.3 is 0 Å². The number of rotatable bonds is 3. The van der Waals surface area contributed by atoms with E-state index in [9.17, 15) is 13.6 Å². The van der Waals surface area contributed by atoms with E-state index >= 15 is 0 Å². The fourth-order valence-corrected chi connectivity index (χ4v) is 1.55.